The summed E-state index contributed by atoms with van der Waals surface area (Å²) in [5.74, 6) is -0.219. The Bertz CT molecular complexity index is 964. The van der Waals surface area contributed by atoms with Gasteiger partial charge in [0.05, 0.1) is 17.2 Å². The van der Waals surface area contributed by atoms with Crippen molar-refractivity contribution in [2.75, 3.05) is 5.32 Å². The highest BCUT2D eigenvalue weighted by atomic mass is 16.2. The van der Waals surface area contributed by atoms with Crippen molar-refractivity contribution in [1.29, 1.82) is 0 Å². The summed E-state index contributed by atoms with van der Waals surface area (Å²) in [5.41, 5.74) is 1.02. The van der Waals surface area contributed by atoms with E-state index in [1.54, 1.807) is 12.1 Å². The number of aromatic amines is 1. The van der Waals surface area contributed by atoms with E-state index >= 15 is 0 Å². The standard InChI is InChI=1S/C19H18N4O3/c24-16-8-5-11(10-20-16)18(26)23-12-6-7-15(23)19(9-12)21-14-4-2-1-3-13(14)17(25)22-19/h1-5,8,10,12,15,21H,6-7,9H2,(H,20,24)(H,22,25)/t12-,15+,19+/m1/s1. The number of fused-ring (bicyclic) bond motifs is 4. The second kappa shape index (κ2) is 5.20. The zero-order chi connectivity index (χ0) is 17.9. The molecule has 0 saturated carbocycles. The highest BCUT2D eigenvalue weighted by molar-refractivity contribution is 6.02. The van der Waals surface area contributed by atoms with E-state index in [9.17, 15) is 14.4 Å². The smallest absolute Gasteiger partial charge is 0.255 e. The zero-order valence-electron chi connectivity index (χ0n) is 14.0. The van der Waals surface area contributed by atoms with E-state index in [2.05, 4.69) is 15.6 Å². The molecule has 2 bridgehead atoms. The molecular weight excluding hydrogens is 332 g/mol. The molecule has 132 valence electrons. The summed E-state index contributed by atoms with van der Waals surface area (Å²) in [6.07, 6.45) is 3.88. The fourth-order valence-electron chi connectivity index (χ4n) is 4.68. The van der Waals surface area contributed by atoms with Crippen molar-refractivity contribution < 1.29 is 9.59 Å². The topological polar surface area (TPSA) is 94.3 Å². The van der Waals surface area contributed by atoms with Crippen LogP contribution in [0, 0.1) is 0 Å². The summed E-state index contributed by atoms with van der Waals surface area (Å²) in [7, 11) is 0. The van der Waals surface area contributed by atoms with Gasteiger partial charge in [-0.25, -0.2) is 0 Å². The van der Waals surface area contributed by atoms with Gasteiger partial charge in [-0.05, 0) is 31.0 Å². The molecule has 2 saturated heterocycles. The van der Waals surface area contributed by atoms with Gasteiger partial charge in [-0.3, -0.25) is 14.4 Å². The number of benzene rings is 1. The molecule has 3 aliphatic rings. The first-order chi connectivity index (χ1) is 12.6. The fraction of sp³-hybridized carbons (Fsp3) is 0.316. The fourth-order valence-corrected chi connectivity index (χ4v) is 4.68. The number of hydrogen-bond acceptors (Lipinski definition) is 4. The molecule has 3 atom stereocenters. The maximum atomic E-state index is 13.0. The van der Waals surface area contributed by atoms with Gasteiger partial charge in [-0.1, -0.05) is 12.1 Å². The molecule has 2 amide bonds. The van der Waals surface area contributed by atoms with Crippen molar-refractivity contribution in [3.63, 3.8) is 0 Å². The molecule has 1 aromatic carbocycles. The quantitative estimate of drug-likeness (QED) is 0.723. The maximum absolute atomic E-state index is 13.0. The summed E-state index contributed by atoms with van der Waals surface area (Å²) >= 11 is 0. The molecule has 1 aromatic heterocycles. The Kier molecular flexibility index (Phi) is 3.04. The predicted octanol–water partition coefficient (Wildman–Crippen LogP) is 1.30. The summed E-state index contributed by atoms with van der Waals surface area (Å²) in [4.78, 5) is 41.3. The van der Waals surface area contributed by atoms with E-state index in [-0.39, 0.29) is 29.5 Å². The van der Waals surface area contributed by atoms with Crippen LogP contribution in [0.15, 0.2) is 47.4 Å². The van der Waals surface area contributed by atoms with Crippen LogP contribution in [-0.4, -0.2) is 39.4 Å². The number of nitrogens with one attached hydrogen (secondary N) is 3. The lowest BCUT2D eigenvalue weighted by Gasteiger charge is -2.43. The van der Waals surface area contributed by atoms with Crippen LogP contribution in [0.25, 0.3) is 0 Å². The number of rotatable bonds is 1. The minimum Gasteiger partial charge on any atom is -0.360 e. The van der Waals surface area contributed by atoms with Gasteiger partial charge < -0.3 is 20.5 Å². The van der Waals surface area contributed by atoms with Crippen LogP contribution < -0.4 is 16.2 Å². The molecular formula is C19H18N4O3. The van der Waals surface area contributed by atoms with Crippen LogP contribution in [0.3, 0.4) is 0 Å². The molecule has 0 unspecified atom stereocenters. The number of nitrogens with zero attached hydrogens (tertiary/aromatic N) is 1. The third-order valence-corrected chi connectivity index (χ3v) is 5.76. The number of carbonyl (C=O) groups excluding carboxylic acids is 2. The minimum absolute atomic E-state index is 0.0671. The van der Waals surface area contributed by atoms with Crippen molar-refractivity contribution in [3.8, 4) is 0 Å². The number of amides is 2. The molecule has 2 fully saturated rings. The van der Waals surface area contributed by atoms with Crippen molar-refractivity contribution in [1.82, 2.24) is 15.2 Å². The van der Waals surface area contributed by atoms with Gasteiger partial charge in [0.25, 0.3) is 11.8 Å². The lowest BCUT2D eigenvalue weighted by Crippen LogP contribution is -2.64. The van der Waals surface area contributed by atoms with E-state index in [1.807, 2.05) is 23.1 Å². The maximum Gasteiger partial charge on any atom is 0.255 e. The van der Waals surface area contributed by atoms with Gasteiger partial charge >= 0.3 is 0 Å². The number of hydrogen-bond donors (Lipinski definition) is 3. The van der Waals surface area contributed by atoms with Crippen LogP contribution in [0.2, 0.25) is 0 Å². The summed E-state index contributed by atoms with van der Waals surface area (Å²) < 4.78 is 0. The molecule has 4 heterocycles. The number of aromatic nitrogens is 1. The van der Waals surface area contributed by atoms with Gasteiger partial charge in [0.1, 0.15) is 5.66 Å². The van der Waals surface area contributed by atoms with Gasteiger partial charge in [-0.15, -0.1) is 0 Å². The second-order valence-electron chi connectivity index (χ2n) is 7.20. The second-order valence-corrected chi connectivity index (χ2v) is 7.20. The van der Waals surface area contributed by atoms with Crippen LogP contribution >= 0.6 is 0 Å². The Balaban J connectivity index is 1.50. The third-order valence-electron chi connectivity index (χ3n) is 5.76. The van der Waals surface area contributed by atoms with E-state index in [4.69, 9.17) is 0 Å². The number of para-hydroxylation sites is 1. The largest absolute Gasteiger partial charge is 0.360 e. The first-order valence-corrected chi connectivity index (χ1v) is 8.78. The number of H-pyrrole nitrogens is 1. The normalized spacial score (nSPS) is 28.6. The van der Waals surface area contributed by atoms with Crippen molar-refractivity contribution >= 4 is 17.5 Å². The Morgan fingerprint density at radius 2 is 1.92 bits per heavy atom. The van der Waals surface area contributed by atoms with Gasteiger partial charge in [-0.2, -0.15) is 0 Å². The molecule has 0 aliphatic carbocycles. The van der Waals surface area contributed by atoms with Gasteiger partial charge in [0.15, 0.2) is 0 Å². The Morgan fingerprint density at radius 1 is 1.08 bits per heavy atom. The van der Waals surface area contributed by atoms with Gasteiger partial charge in [0.2, 0.25) is 5.56 Å². The van der Waals surface area contributed by atoms with Gasteiger partial charge in [0, 0.05) is 30.4 Å². The highest BCUT2D eigenvalue weighted by Crippen LogP contribution is 2.46. The van der Waals surface area contributed by atoms with Crippen LogP contribution in [0.4, 0.5) is 5.69 Å². The highest BCUT2D eigenvalue weighted by Gasteiger charge is 2.59. The molecule has 7 nitrogen and oxygen atoms in total. The first kappa shape index (κ1) is 15.2. The lowest BCUT2D eigenvalue weighted by atomic mass is 9.86. The van der Waals surface area contributed by atoms with E-state index < -0.39 is 5.66 Å². The molecule has 26 heavy (non-hydrogen) atoms. The Morgan fingerprint density at radius 3 is 2.73 bits per heavy atom. The molecule has 1 spiro atoms. The summed E-state index contributed by atoms with van der Waals surface area (Å²) in [6, 6.07) is 10.3. The number of anilines is 1. The van der Waals surface area contributed by atoms with E-state index in [0.717, 1.165) is 18.5 Å². The SMILES string of the molecule is O=C1N[C@]2(C[C@H]3CC[C@@H]2N3C(=O)c2ccc(=O)[nH]c2)Nc2ccccc21. The average molecular weight is 350 g/mol. The van der Waals surface area contributed by atoms with E-state index in [0.29, 0.717) is 17.5 Å². The lowest BCUT2D eigenvalue weighted by molar-refractivity contribution is 0.0691. The van der Waals surface area contributed by atoms with Crippen molar-refractivity contribution in [2.24, 2.45) is 0 Å². The molecule has 0 radical (unpaired) electrons. The minimum atomic E-state index is -0.633. The predicted molar refractivity (Wildman–Crippen MR) is 94.9 cm³/mol. The van der Waals surface area contributed by atoms with Crippen LogP contribution in [-0.2, 0) is 0 Å². The Labute approximate surface area is 149 Å². The zero-order valence-corrected chi connectivity index (χ0v) is 14.0. The van der Waals surface area contributed by atoms with Crippen molar-refractivity contribution in [2.45, 2.75) is 37.0 Å². The molecule has 7 heteroatoms. The average Bonchev–Trinajstić information content (AvgIpc) is 3.17. The number of carbonyl (C=O) groups is 2. The summed E-state index contributed by atoms with van der Waals surface area (Å²) in [5, 5.41) is 6.62. The van der Waals surface area contributed by atoms with Crippen LogP contribution in [0.1, 0.15) is 40.0 Å². The van der Waals surface area contributed by atoms with Crippen molar-refractivity contribution in [3.05, 3.63) is 64.1 Å². The molecule has 3 N–H and O–H groups in total. The third kappa shape index (κ3) is 2.03. The van der Waals surface area contributed by atoms with E-state index in [1.165, 1.54) is 12.3 Å². The molecule has 2 aromatic rings. The number of pyridine rings is 1. The monoisotopic (exact) mass is 350 g/mol. The van der Waals surface area contributed by atoms with Crippen LogP contribution in [0.5, 0.6) is 0 Å². The first-order valence-electron chi connectivity index (χ1n) is 8.78. The molecule has 5 rings (SSSR count). The molecule has 3 aliphatic heterocycles. The Hall–Kier alpha value is -3.09. The summed E-state index contributed by atoms with van der Waals surface area (Å²) in [6.45, 7) is 0.